The maximum Gasteiger partial charge on any atom is 0.226 e. The van der Waals surface area contributed by atoms with E-state index in [-0.39, 0.29) is 0 Å². The van der Waals surface area contributed by atoms with Crippen molar-refractivity contribution in [2.75, 3.05) is 5.73 Å². The minimum absolute atomic E-state index is 0.634. The third kappa shape index (κ3) is 3.14. The number of nitrogens with two attached hydrogens (primary N) is 1. The van der Waals surface area contributed by atoms with E-state index < -0.39 is 0 Å². The fraction of sp³-hybridized carbons (Fsp3) is 0.273. The number of aromatic nitrogens is 2. The van der Waals surface area contributed by atoms with Crippen LogP contribution in [0.1, 0.15) is 18.6 Å². The topological polar surface area (TPSA) is 64.9 Å². The molecule has 2 aromatic rings. The zero-order chi connectivity index (χ0) is 12.3. The Labute approximate surface area is 109 Å². The van der Waals surface area contributed by atoms with Crippen LogP contribution in [0.25, 0.3) is 0 Å². The third-order valence-electron chi connectivity index (χ3n) is 2.14. The minimum Gasteiger partial charge on any atom is -0.398 e. The lowest BCUT2D eigenvalue weighted by Crippen LogP contribution is -1.90. The summed E-state index contributed by atoms with van der Waals surface area (Å²) in [4.78, 5) is 5.20. The maximum atomic E-state index is 5.85. The van der Waals surface area contributed by atoms with Gasteiger partial charge in [-0.15, -0.1) is 11.8 Å². The summed E-state index contributed by atoms with van der Waals surface area (Å²) in [6, 6.07) is 5.44. The van der Waals surface area contributed by atoms with Crippen LogP contribution in [0.3, 0.4) is 0 Å². The normalized spacial score (nSPS) is 10.7. The molecule has 0 aliphatic rings. The molecule has 0 saturated carbocycles. The Morgan fingerprint density at radius 3 is 2.94 bits per heavy atom. The van der Waals surface area contributed by atoms with Crippen LogP contribution in [0.4, 0.5) is 5.69 Å². The van der Waals surface area contributed by atoms with E-state index in [1.54, 1.807) is 17.8 Å². The van der Waals surface area contributed by atoms with Crippen LogP contribution in [0.5, 0.6) is 0 Å². The van der Waals surface area contributed by atoms with Gasteiger partial charge in [0.1, 0.15) is 0 Å². The number of rotatable bonds is 4. The summed E-state index contributed by atoms with van der Waals surface area (Å²) in [5.41, 5.74) is 6.52. The molecule has 4 nitrogen and oxygen atoms in total. The Morgan fingerprint density at radius 2 is 2.29 bits per heavy atom. The van der Waals surface area contributed by atoms with Gasteiger partial charge in [-0.25, -0.2) is 0 Å². The molecular formula is C11H12ClN3OS. The second-order valence-corrected chi connectivity index (χ2v) is 4.88. The van der Waals surface area contributed by atoms with E-state index in [1.807, 2.05) is 19.1 Å². The zero-order valence-corrected chi connectivity index (χ0v) is 10.9. The summed E-state index contributed by atoms with van der Waals surface area (Å²) in [7, 11) is 0. The van der Waals surface area contributed by atoms with E-state index >= 15 is 0 Å². The van der Waals surface area contributed by atoms with E-state index in [0.717, 1.165) is 11.3 Å². The molecule has 1 aromatic carbocycles. The molecule has 17 heavy (non-hydrogen) atoms. The molecule has 1 heterocycles. The van der Waals surface area contributed by atoms with Gasteiger partial charge in [-0.1, -0.05) is 23.7 Å². The molecule has 90 valence electrons. The van der Waals surface area contributed by atoms with Crippen LogP contribution in [-0.4, -0.2) is 10.1 Å². The van der Waals surface area contributed by atoms with Crippen LogP contribution in [-0.2, 0) is 12.2 Å². The van der Waals surface area contributed by atoms with Crippen LogP contribution in [0.2, 0.25) is 5.02 Å². The van der Waals surface area contributed by atoms with Gasteiger partial charge in [-0.2, -0.15) is 4.98 Å². The number of benzene rings is 1. The van der Waals surface area contributed by atoms with Crippen molar-refractivity contribution in [3.63, 3.8) is 0 Å². The Balaban J connectivity index is 2.02. The largest absolute Gasteiger partial charge is 0.398 e. The van der Waals surface area contributed by atoms with Crippen molar-refractivity contribution in [2.45, 2.75) is 24.0 Å². The number of thioether (sulfide) groups is 1. The molecule has 0 fully saturated rings. The lowest BCUT2D eigenvalue weighted by Gasteiger charge is -2.03. The maximum absolute atomic E-state index is 5.85. The fourth-order valence-corrected chi connectivity index (χ4v) is 2.26. The molecule has 0 unspecified atom stereocenters. The van der Waals surface area contributed by atoms with Gasteiger partial charge in [-0.05, 0) is 18.2 Å². The quantitative estimate of drug-likeness (QED) is 0.682. The van der Waals surface area contributed by atoms with Crippen LogP contribution >= 0.6 is 23.4 Å². The van der Waals surface area contributed by atoms with Crippen LogP contribution < -0.4 is 5.73 Å². The first-order valence-corrected chi connectivity index (χ1v) is 6.54. The number of halogens is 1. The molecule has 0 atom stereocenters. The summed E-state index contributed by atoms with van der Waals surface area (Å²) < 4.78 is 5.02. The monoisotopic (exact) mass is 269 g/mol. The minimum atomic E-state index is 0.634. The third-order valence-corrected chi connectivity index (χ3v) is 3.46. The molecule has 0 aliphatic carbocycles. The summed E-state index contributed by atoms with van der Waals surface area (Å²) in [6.07, 6.45) is 0.751. The van der Waals surface area contributed by atoms with Gasteiger partial charge in [0.15, 0.2) is 5.82 Å². The standard InChI is InChI=1S/C11H12ClN3OS/c1-2-11-14-10(15-16-11)6-17-9-4-3-7(12)5-8(9)13/h3-5H,2,6,13H2,1H3. The molecule has 1 aromatic heterocycles. The summed E-state index contributed by atoms with van der Waals surface area (Å²) in [6.45, 7) is 1.97. The number of nitrogen functional groups attached to an aromatic ring is 1. The summed E-state index contributed by atoms with van der Waals surface area (Å²) in [5.74, 6) is 1.97. The number of hydrogen-bond acceptors (Lipinski definition) is 5. The van der Waals surface area contributed by atoms with Gasteiger partial charge in [0.05, 0.1) is 5.75 Å². The second kappa shape index (κ2) is 5.42. The molecule has 0 radical (unpaired) electrons. The van der Waals surface area contributed by atoms with Gasteiger partial charge < -0.3 is 10.3 Å². The molecule has 0 amide bonds. The van der Waals surface area contributed by atoms with Crippen molar-refractivity contribution < 1.29 is 4.52 Å². The molecule has 2 N–H and O–H groups in total. The fourth-order valence-electron chi connectivity index (χ4n) is 1.29. The lowest BCUT2D eigenvalue weighted by atomic mass is 10.3. The number of hydrogen-bond donors (Lipinski definition) is 1. The van der Waals surface area contributed by atoms with Crippen molar-refractivity contribution in [3.05, 3.63) is 34.9 Å². The van der Waals surface area contributed by atoms with Gasteiger partial charge in [-0.3, -0.25) is 0 Å². The van der Waals surface area contributed by atoms with E-state index in [4.69, 9.17) is 21.9 Å². The van der Waals surface area contributed by atoms with E-state index in [9.17, 15) is 0 Å². The Kier molecular flexibility index (Phi) is 3.91. The molecule has 2 rings (SSSR count). The Bertz CT molecular complexity index is 515. The highest BCUT2D eigenvalue weighted by atomic mass is 35.5. The Hall–Kier alpha value is -1.20. The highest BCUT2D eigenvalue weighted by molar-refractivity contribution is 7.98. The van der Waals surface area contributed by atoms with Crippen molar-refractivity contribution in [1.29, 1.82) is 0 Å². The van der Waals surface area contributed by atoms with Crippen molar-refractivity contribution in [3.8, 4) is 0 Å². The smallest absolute Gasteiger partial charge is 0.226 e. The lowest BCUT2D eigenvalue weighted by molar-refractivity contribution is 0.378. The molecule has 0 aliphatic heterocycles. The molecule has 0 bridgehead atoms. The average Bonchev–Trinajstić information content (AvgIpc) is 2.76. The molecule has 6 heteroatoms. The zero-order valence-electron chi connectivity index (χ0n) is 9.31. The average molecular weight is 270 g/mol. The first kappa shape index (κ1) is 12.3. The first-order valence-electron chi connectivity index (χ1n) is 5.18. The van der Waals surface area contributed by atoms with Crippen molar-refractivity contribution in [2.24, 2.45) is 0 Å². The Morgan fingerprint density at radius 1 is 1.47 bits per heavy atom. The molecule has 0 spiro atoms. The molecule has 0 saturated heterocycles. The van der Waals surface area contributed by atoms with Crippen molar-refractivity contribution >= 4 is 29.1 Å². The summed E-state index contributed by atoms with van der Waals surface area (Å²) >= 11 is 7.39. The van der Waals surface area contributed by atoms with Crippen LogP contribution in [0.15, 0.2) is 27.6 Å². The highest BCUT2D eigenvalue weighted by Gasteiger charge is 2.06. The van der Waals surface area contributed by atoms with Gasteiger partial charge in [0.2, 0.25) is 5.89 Å². The predicted octanol–water partition coefficient (Wildman–Crippen LogP) is 3.16. The van der Waals surface area contributed by atoms with E-state index in [2.05, 4.69) is 10.1 Å². The first-order chi connectivity index (χ1) is 8.19. The van der Waals surface area contributed by atoms with Crippen molar-refractivity contribution in [1.82, 2.24) is 10.1 Å². The molecular weight excluding hydrogens is 258 g/mol. The number of anilines is 1. The number of aryl methyl sites for hydroxylation is 1. The van der Waals surface area contributed by atoms with Crippen LogP contribution in [0, 0.1) is 0 Å². The highest BCUT2D eigenvalue weighted by Crippen LogP contribution is 2.29. The van der Waals surface area contributed by atoms with Gasteiger partial charge in [0.25, 0.3) is 0 Å². The number of nitrogens with zero attached hydrogens (tertiary/aromatic N) is 2. The second-order valence-electron chi connectivity index (χ2n) is 3.43. The van der Waals surface area contributed by atoms with E-state index in [1.165, 1.54) is 0 Å². The van der Waals surface area contributed by atoms with E-state index in [0.29, 0.717) is 28.2 Å². The SMILES string of the molecule is CCc1nc(CSc2ccc(Cl)cc2N)no1. The summed E-state index contributed by atoms with van der Waals surface area (Å²) in [5, 5.41) is 4.51. The predicted molar refractivity (Wildman–Crippen MR) is 69.1 cm³/mol. The van der Waals surface area contributed by atoms with Gasteiger partial charge in [0, 0.05) is 22.0 Å². The van der Waals surface area contributed by atoms with Gasteiger partial charge >= 0.3 is 0 Å².